The summed E-state index contributed by atoms with van der Waals surface area (Å²) in [6.45, 7) is 1.85. The smallest absolute Gasteiger partial charge is 0.417 e. The van der Waals surface area contributed by atoms with Gasteiger partial charge in [0.15, 0.2) is 0 Å². The molecule has 144 valence electrons. The fraction of sp³-hybridized carbons (Fsp3) is 0.0952. The first kappa shape index (κ1) is 19.8. The second-order valence-electron chi connectivity index (χ2n) is 6.03. The van der Waals surface area contributed by atoms with Gasteiger partial charge in [0.1, 0.15) is 11.5 Å². The topological polar surface area (TPSA) is 42.2 Å². The van der Waals surface area contributed by atoms with Gasteiger partial charge < -0.3 is 9.73 Å². The monoisotopic (exact) mass is 405 g/mol. The van der Waals surface area contributed by atoms with Gasteiger partial charge in [0.25, 0.3) is 0 Å². The fourth-order valence-electron chi connectivity index (χ4n) is 2.54. The number of nitrogens with one attached hydrogen (secondary N) is 1. The first-order valence-electron chi connectivity index (χ1n) is 8.26. The van der Waals surface area contributed by atoms with E-state index in [0.29, 0.717) is 10.7 Å². The van der Waals surface area contributed by atoms with E-state index < -0.39 is 17.6 Å². The Hall–Kier alpha value is -2.99. The van der Waals surface area contributed by atoms with Gasteiger partial charge in [-0.2, -0.15) is 13.2 Å². The number of halogens is 4. The van der Waals surface area contributed by atoms with Crippen molar-refractivity contribution in [3.8, 4) is 11.3 Å². The molecule has 0 aliphatic carbocycles. The largest absolute Gasteiger partial charge is 0.457 e. The minimum atomic E-state index is -4.49. The van der Waals surface area contributed by atoms with Gasteiger partial charge in [0, 0.05) is 22.3 Å². The number of carbonyl (C=O) groups is 1. The van der Waals surface area contributed by atoms with E-state index in [9.17, 15) is 18.0 Å². The lowest BCUT2D eigenvalue weighted by Crippen LogP contribution is -2.07. The Kier molecular flexibility index (Phi) is 5.61. The molecule has 0 atom stereocenters. The van der Waals surface area contributed by atoms with Crippen LogP contribution in [-0.2, 0) is 11.0 Å². The molecule has 0 bridgehead atoms. The van der Waals surface area contributed by atoms with Crippen LogP contribution in [-0.4, -0.2) is 5.91 Å². The van der Waals surface area contributed by atoms with Crippen molar-refractivity contribution in [3.05, 3.63) is 82.6 Å². The molecule has 0 aliphatic rings. The lowest BCUT2D eigenvalue weighted by atomic mass is 10.1. The first-order valence-corrected chi connectivity index (χ1v) is 8.63. The van der Waals surface area contributed by atoms with Gasteiger partial charge in [0.05, 0.1) is 5.56 Å². The Labute approximate surface area is 164 Å². The van der Waals surface area contributed by atoms with Gasteiger partial charge in [-0.15, -0.1) is 0 Å². The van der Waals surface area contributed by atoms with Crippen LogP contribution in [0.5, 0.6) is 0 Å². The summed E-state index contributed by atoms with van der Waals surface area (Å²) in [6, 6.07) is 13.2. The Balaban J connectivity index is 1.74. The number of anilines is 1. The van der Waals surface area contributed by atoms with Crippen molar-refractivity contribution in [1.82, 2.24) is 0 Å². The van der Waals surface area contributed by atoms with Crippen LogP contribution >= 0.6 is 11.6 Å². The lowest BCUT2D eigenvalue weighted by molar-refractivity contribution is -0.137. The molecular formula is C21H15ClF3NO2. The van der Waals surface area contributed by atoms with Crippen molar-refractivity contribution >= 4 is 29.3 Å². The maximum absolute atomic E-state index is 13.1. The Morgan fingerprint density at radius 3 is 2.57 bits per heavy atom. The van der Waals surface area contributed by atoms with E-state index in [2.05, 4.69) is 5.32 Å². The molecule has 0 saturated carbocycles. The predicted molar refractivity (Wildman–Crippen MR) is 103 cm³/mol. The molecule has 3 aromatic rings. The number of rotatable bonds is 4. The SMILES string of the molecule is Cc1ccc(NC(=O)/C=C/c2ccc(-c3ccccc3C(F)(F)F)o2)cc1Cl. The second-order valence-corrected chi connectivity index (χ2v) is 6.44. The van der Waals surface area contributed by atoms with Crippen molar-refractivity contribution in [2.24, 2.45) is 0 Å². The van der Waals surface area contributed by atoms with Gasteiger partial charge in [-0.25, -0.2) is 0 Å². The molecule has 1 aromatic heterocycles. The molecule has 0 fully saturated rings. The fourth-order valence-corrected chi connectivity index (χ4v) is 2.73. The molecule has 3 rings (SSSR count). The maximum Gasteiger partial charge on any atom is 0.417 e. The summed E-state index contributed by atoms with van der Waals surface area (Å²) in [7, 11) is 0. The van der Waals surface area contributed by atoms with Gasteiger partial charge in [-0.05, 0) is 48.9 Å². The molecule has 0 aliphatic heterocycles. The van der Waals surface area contributed by atoms with Crippen LogP contribution in [0.1, 0.15) is 16.9 Å². The van der Waals surface area contributed by atoms with Crippen LogP contribution in [0.25, 0.3) is 17.4 Å². The van der Waals surface area contributed by atoms with Gasteiger partial charge in [-0.3, -0.25) is 4.79 Å². The van der Waals surface area contributed by atoms with Crippen molar-refractivity contribution in [1.29, 1.82) is 0 Å². The number of hydrogen-bond acceptors (Lipinski definition) is 2. The first-order chi connectivity index (χ1) is 13.2. The van der Waals surface area contributed by atoms with Crippen LogP contribution < -0.4 is 5.32 Å². The predicted octanol–water partition coefficient (Wildman–Crippen LogP) is 6.58. The zero-order chi connectivity index (χ0) is 20.3. The van der Waals surface area contributed by atoms with E-state index in [4.69, 9.17) is 16.0 Å². The molecular weight excluding hydrogens is 391 g/mol. The third-order valence-electron chi connectivity index (χ3n) is 3.96. The zero-order valence-electron chi connectivity index (χ0n) is 14.7. The van der Waals surface area contributed by atoms with Crippen LogP contribution in [0.4, 0.5) is 18.9 Å². The van der Waals surface area contributed by atoms with E-state index in [1.807, 2.05) is 6.92 Å². The molecule has 3 nitrogen and oxygen atoms in total. The number of alkyl halides is 3. The molecule has 0 spiro atoms. The number of aryl methyl sites for hydroxylation is 1. The van der Waals surface area contributed by atoms with Crippen molar-refractivity contribution in [3.63, 3.8) is 0 Å². The maximum atomic E-state index is 13.1. The molecule has 1 amide bonds. The van der Waals surface area contributed by atoms with Crippen molar-refractivity contribution < 1.29 is 22.4 Å². The highest BCUT2D eigenvalue weighted by Gasteiger charge is 2.34. The Morgan fingerprint density at radius 2 is 1.86 bits per heavy atom. The summed E-state index contributed by atoms with van der Waals surface area (Å²) >= 11 is 6.01. The number of amides is 1. The van der Waals surface area contributed by atoms with Crippen LogP contribution in [0.15, 0.2) is 65.1 Å². The quantitative estimate of drug-likeness (QED) is 0.498. The summed E-state index contributed by atoms with van der Waals surface area (Å²) in [5.74, 6) is -0.101. The third-order valence-corrected chi connectivity index (χ3v) is 4.37. The third kappa shape index (κ3) is 4.64. The van der Waals surface area contributed by atoms with Crippen LogP contribution in [0, 0.1) is 6.92 Å². The highest BCUT2D eigenvalue weighted by Crippen LogP contribution is 2.37. The van der Waals surface area contributed by atoms with Gasteiger partial charge in [-0.1, -0.05) is 35.9 Å². The van der Waals surface area contributed by atoms with Crippen molar-refractivity contribution in [2.75, 3.05) is 5.32 Å². The number of benzene rings is 2. The van der Waals surface area contributed by atoms with Gasteiger partial charge >= 0.3 is 6.18 Å². The average molecular weight is 406 g/mol. The molecule has 1 N–H and O–H groups in total. The molecule has 7 heteroatoms. The highest BCUT2D eigenvalue weighted by atomic mass is 35.5. The summed E-state index contributed by atoms with van der Waals surface area (Å²) in [5.41, 5.74) is 0.573. The number of furan rings is 1. The molecule has 0 saturated heterocycles. The minimum Gasteiger partial charge on any atom is -0.457 e. The second kappa shape index (κ2) is 7.94. The molecule has 2 aromatic carbocycles. The zero-order valence-corrected chi connectivity index (χ0v) is 15.4. The minimum absolute atomic E-state index is 0.0617. The Morgan fingerprint density at radius 1 is 1.11 bits per heavy atom. The standard InChI is InChI=1S/C21H15ClF3NO2/c1-13-6-7-14(12-18(13)22)26-20(27)11-9-15-8-10-19(28-15)16-4-2-3-5-17(16)21(23,24)25/h2-12H,1H3,(H,26,27)/b11-9+. The molecule has 1 heterocycles. The van der Waals surface area contributed by atoms with E-state index in [1.165, 1.54) is 42.5 Å². The van der Waals surface area contributed by atoms with E-state index in [-0.39, 0.29) is 17.1 Å². The number of hydrogen-bond donors (Lipinski definition) is 1. The van der Waals surface area contributed by atoms with Crippen molar-refractivity contribution in [2.45, 2.75) is 13.1 Å². The summed E-state index contributed by atoms with van der Waals surface area (Å²) < 4.78 is 44.9. The highest BCUT2D eigenvalue weighted by molar-refractivity contribution is 6.31. The van der Waals surface area contributed by atoms with E-state index in [0.717, 1.165) is 11.6 Å². The lowest BCUT2D eigenvalue weighted by Gasteiger charge is -2.10. The molecule has 28 heavy (non-hydrogen) atoms. The summed E-state index contributed by atoms with van der Waals surface area (Å²) in [5, 5.41) is 3.18. The summed E-state index contributed by atoms with van der Waals surface area (Å²) in [4.78, 5) is 12.0. The molecule has 0 radical (unpaired) electrons. The average Bonchev–Trinajstić information content (AvgIpc) is 3.11. The van der Waals surface area contributed by atoms with E-state index >= 15 is 0 Å². The summed E-state index contributed by atoms with van der Waals surface area (Å²) in [6.07, 6.45) is -1.88. The molecule has 0 unspecified atom stereocenters. The normalized spacial score (nSPS) is 11.8. The van der Waals surface area contributed by atoms with E-state index in [1.54, 1.807) is 18.2 Å². The number of carbonyl (C=O) groups excluding carboxylic acids is 1. The van der Waals surface area contributed by atoms with Crippen LogP contribution in [0.3, 0.4) is 0 Å². The van der Waals surface area contributed by atoms with Crippen LogP contribution in [0.2, 0.25) is 5.02 Å². The van der Waals surface area contributed by atoms with Gasteiger partial charge in [0.2, 0.25) is 5.91 Å². The Bertz CT molecular complexity index is 1040.